The Morgan fingerprint density at radius 1 is 1.36 bits per heavy atom. The molecule has 0 radical (unpaired) electrons. The molecule has 3 nitrogen and oxygen atoms in total. The van der Waals surface area contributed by atoms with Gasteiger partial charge in [-0.25, -0.2) is 0 Å². The molecule has 0 saturated heterocycles. The van der Waals surface area contributed by atoms with E-state index in [0.29, 0.717) is 11.5 Å². The van der Waals surface area contributed by atoms with E-state index in [4.69, 9.17) is 16.3 Å². The summed E-state index contributed by atoms with van der Waals surface area (Å²) in [5.74, 6) is -0.0169. The van der Waals surface area contributed by atoms with E-state index < -0.39 is 22.2 Å². The van der Waals surface area contributed by atoms with Gasteiger partial charge in [-0.3, -0.25) is 4.79 Å². The van der Waals surface area contributed by atoms with Crippen LogP contribution in [0.25, 0.3) is 0 Å². The van der Waals surface area contributed by atoms with Gasteiger partial charge in [0.1, 0.15) is 17.3 Å². The first-order valence-corrected chi connectivity index (χ1v) is 7.89. The Bertz CT molecular complexity index is 650. The van der Waals surface area contributed by atoms with Crippen LogP contribution < -0.4 is 4.74 Å². The monoisotopic (exact) mass is 320 g/mol. The van der Waals surface area contributed by atoms with Crippen molar-refractivity contribution in [3.05, 3.63) is 40.9 Å². The summed E-state index contributed by atoms with van der Waals surface area (Å²) < 4.78 is 6.05. The number of carbonyl (C=O) groups is 1. The van der Waals surface area contributed by atoms with Gasteiger partial charge in [-0.15, -0.1) is 0 Å². The molecule has 1 fully saturated rings. The lowest BCUT2D eigenvalue weighted by molar-refractivity contribution is -0.150. The summed E-state index contributed by atoms with van der Waals surface area (Å²) in [5, 5.41) is 10.7. The van der Waals surface area contributed by atoms with Gasteiger partial charge in [0.05, 0.1) is 0 Å². The minimum Gasteiger partial charge on any atom is -0.489 e. The first-order valence-electron chi connectivity index (χ1n) is 7.51. The van der Waals surface area contributed by atoms with Crippen molar-refractivity contribution in [3.63, 3.8) is 0 Å². The zero-order chi connectivity index (χ0) is 16.3. The normalized spacial score (nSPS) is 35.7. The number of carboxylic acids is 1. The second-order valence-corrected chi connectivity index (χ2v) is 7.69. The van der Waals surface area contributed by atoms with Crippen LogP contribution in [-0.4, -0.2) is 17.2 Å². The number of hydrogen-bond acceptors (Lipinski definition) is 2. The number of benzene rings is 1. The number of allylic oxidation sites excluding steroid dienone is 2. The maximum Gasteiger partial charge on any atom is 0.314 e. The Morgan fingerprint density at radius 3 is 2.55 bits per heavy atom. The Kier molecular flexibility index (Phi) is 3.16. The summed E-state index contributed by atoms with van der Waals surface area (Å²) in [6.45, 7) is 7.74. The molecule has 3 rings (SSSR count). The highest BCUT2D eigenvalue weighted by atomic mass is 35.5. The quantitative estimate of drug-likeness (QED) is 0.905. The average molecular weight is 321 g/mol. The van der Waals surface area contributed by atoms with Gasteiger partial charge in [-0.1, -0.05) is 56.6 Å². The number of rotatable bonds is 3. The lowest BCUT2D eigenvalue weighted by atomic mass is 9.85. The third-order valence-electron chi connectivity index (χ3n) is 6.00. The van der Waals surface area contributed by atoms with Crippen LogP contribution in [0.4, 0.5) is 0 Å². The highest BCUT2D eigenvalue weighted by Crippen LogP contribution is 2.81. The molecule has 22 heavy (non-hydrogen) atoms. The zero-order valence-electron chi connectivity index (χ0n) is 13.3. The Labute approximate surface area is 135 Å². The second kappa shape index (κ2) is 4.51. The number of carboxylic acid groups (broad SMARTS) is 1. The van der Waals surface area contributed by atoms with Crippen LogP contribution in [0.5, 0.6) is 5.75 Å². The molecule has 3 unspecified atom stereocenters. The summed E-state index contributed by atoms with van der Waals surface area (Å²) in [7, 11) is 0. The van der Waals surface area contributed by atoms with Gasteiger partial charge in [-0.2, -0.15) is 0 Å². The molecule has 3 atom stereocenters. The Hall–Kier alpha value is -1.48. The average Bonchev–Trinajstić information content (AvgIpc) is 2.72. The Balaban J connectivity index is 2.07. The molecule has 1 heterocycles. The van der Waals surface area contributed by atoms with E-state index in [2.05, 4.69) is 0 Å². The summed E-state index contributed by atoms with van der Waals surface area (Å²) in [5.41, 5.74) is -0.876. The molecule has 0 aromatic heterocycles. The van der Waals surface area contributed by atoms with Crippen molar-refractivity contribution in [1.82, 2.24) is 0 Å². The van der Waals surface area contributed by atoms with Crippen molar-refractivity contribution >= 4 is 17.6 Å². The van der Waals surface area contributed by atoms with Gasteiger partial charge in [0.2, 0.25) is 0 Å². The van der Waals surface area contributed by atoms with Gasteiger partial charge < -0.3 is 9.84 Å². The molecule has 118 valence electrons. The molecule has 0 bridgehead atoms. The molecule has 1 aliphatic heterocycles. The number of aliphatic carboxylic acids is 1. The predicted molar refractivity (Wildman–Crippen MR) is 86.1 cm³/mol. The zero-order valence-corrected chi connectivity index (χ0v) is 14.1. The molecule has 0 amide bonds. The van der Waals surface area contributed by atoms with Crippen LogP contribution in [0.3, 0.4) is 0 Å². The summed E-state index contributed by atoms with van der Waals surface area (Å²) >= 11 is 6.08. The standard InChI is InChI=1S/C18H21ClO3/c1-11(19)10-17(4)16(2,3)18(17,15(20)21)14-9-12-7-5-6-8-13(12)22-14/h5-8,10,14H,9H2,1-4H3,(H,20,21). The van der Waals surface area contributed by atoms with Crippen molar-refractivity contribution in [1.29, 1.82) is 0 Å². The van der Waals surface area contributed by atoms with E-state index in [1.165, 1.54) is 0 Å². The van der Waals surface area contributed by atoms with E-state index >= 15 is 0 Å². The molecular formula is C18H21ClO3. The van der Waals surface area contributed by atoms with Crippen molar-refractivity contribution < 1.29 is 14.6 Å². The molecular weight excluding hydrogens is 300 g/mol. The van der Waals surface area contributed by atoms with Gasteiger partial charge in [-0.05, 0) is 24.0 Å². The van der Waals surface area contributed by atoms with Crippen LogP contribution >= 0.6 is 11.6 Å². The first kappa shape index (κ1) is 15.4. The van der Waals surface area contributed by atoms with E-state index in [9.17, 15) is 9.90 Å². The van der Waals surface area contributed by atoms with Gasteiger partial charge >= 0.3 is 5.97 Å². The molecule has 2 aliphatic rings. The van der Waals surface area contributed by atoms with Crippen LogP contribution in [0.1, 0.15) is 33.3 Å². The van der Waals surface area contributed by atoms with Crippen LogP contribution in [-0.2, 0) is 11.2 Å². The van der Waals surface area contributed by atoms with Crippen LogP contribution in [0.15, 0.2) is 35.4 Å². The highest BCUT2D eigenvalue weighted by molar-refractivity contribution is 6.29. The van der Waals surface area contributed by atoms with Crippen LogP contribution in [0.2, 0.25) is 0 Å². The molecule has 0 spiro atoms. The summed E-state index contributed by atoms with van der Waals surface area (Å²) in [6.07, 6.45) is 2.13. The third-order valence-corrected chi connectivity index (χ3v) is 6.10. The number of halogens is 1. The van der Waals surface area contributed by atoms with E-state index in [1.54, 1.807) is 6.92 Å². The van der Waals surface area contributed by atoms with E-state index in [0.717, 1.165) is 11.3 Å². The maximum atomic E-state index is 12.3. The molecule has 1 saturated carbocycles. The van der Waals surface area contributed by atoms with Crippen molar-refractivity contribution in [3.8, 4) is 5.75 Å². The number of ether oxygens (including phenoxy) is 1. The second-order valence-electron chi connectivity index (χ2n) is 7.09. The first-order chi connectivity index (χ1) is 10.2. The fourth-order valence-electron chi connectivity index (χ4n) is 4.65. The molecule has 1 aliphatic carbocycles. The number of para-hydroxylation sites is 1. The van der Waals surface area contributed by atoms with Crippen molar-refractivity contribution in [2.45, 2.75) is 40.2 Å². The molecule has 4 heteroatoms. The fourth-order valence-corrected chi connectivity index (χ4v) is 4.86. The van der Waals surface area contributed by atoms with Gasteiger partial charge in [0, 0.05) is 16.9 Å². The predicted octanol–water partition coefficient (Wildman–Crippen LogP) is 4.25. The summed E-state index contributed by atoms with van der Waals surface area (Å²) in [6, 6.07) is 7.77. The number of hydrogen-bond donors (Lipinski definition) is 1. The minimum absolute atomic E-state index is 0.380. The highest BCUT2D eigenvalue weighted by Gasteiger charge is 2.86. The van der Waals surface area contributed by atoms with E-state index in [-0.39, 0.29) is 6.10 Å². The minimum atomic E-state index is -0.977. The fraction of sp³-hybridized carbons (Fsp3) is 0.500. The number of fused-ring (bicyclic) bond motifs is 1. The lowest BCUT2D eigenvalue weighted by Crippen LogP contribution is -2.39. The topological polar surface area (TPSA) is 46.5 Å². The van der Waals surface area contributed by atoms with Crippen molar-refractivity contribution in [2.75, 3.05) is 0 Å². The van der Waals surface area contributed by atoms with E-state index in [1.807, 2.05) is 51.1 Å². The molecule has 1 aromatic rings. The van der Waals surface area contributed by atoms with Gasteiger partial charge in [0.15, 0.2) is 0 Å². The van der Waals surface area contributed by atoms with Crippen LogP contribution in [0, 0.1) is 16.2 Å². The van der Waals surface area contributed by atoms with Crippen molar-refractivity contribution in [2.24, 2.45) is 16.2 Å². The molecule has 1 N–H and O–H groups in total. The largest absolute Gasteiger partial charge is 0.489 e. The third kappa shape index (κ3) is 1.60. The maximum absolute atomic E-state index is 12.3. The smallest absolute Gasteiger partial charge is 0.314 e. The summed E-state index contributed by atoms with van der Waals surface area (Å²) in [4.78, 5) is 12.3. The van der Waals surface area contributed by atoms with Gasteiger partial charge in [0.25, 0.3) is 0 Å². The molecule has 1 aromatic carbocycles. The Morgan fingerprint density at radius 2 is 2.00 bits per heavy atom. The lowest BCUT2D eigenvalue weighted by Gasteiger charge is -2.24. The SMILES string of the molecule is CC(Cl)=CC1(C)C(C)(C)C1(C(=O)O)C1Cc2ccccc2O1.